The van der Waals surface area contributed by atoms with E-state index in [2.05, 4.69) is 0 Å². The smallest absolute Gasteiger partial charge is 0.338 e. The van der Waals surface area contributed by atoms with Gasteiger partial charge in [-0.1, -0.05) is 12.1 Å². The lowest BCUT2D eigenvalue weighted by Gasteiger charge is -2.08. The molecule has 0 fully saturated rings. The lowest BCUT2D eigenvalue weighted by Crippen LogP contribution is -2.05. The minimum absolute atomic E-state index is 0.213. The molecule has 0 aliphatic carbocycles. The van der Waals surface area contributed by atoms with Crippen LogP contribution in [0.4, 0.5) is 0 Å². The Morgan fingerprint density at radius 2 is 1.88 bits per heavy atom. The standard InChI is InChI=1S/C13H18O3/c1-4-15-13(14)12-7-5-11(6-8-12)9-16-10(2)3/h5-8,10H,4,9H2,1-3H3. The largest absolute Gasteiger partial charge is 0.462 e. The van der Waals surface area contributed by atoms with Crippen LogP contribution in [-0.2, 0) is 16.1 Å². The number of benzene rings is 1. The molecule has 1 aromatic rings. The SMILES string of the molecule is CCOC(=O)c1ccc(COC(C)C)cc1. The average molecular weight is 222 g/mol. The molecule has 0 saturated heterocycles. The molecule has 3 nitrogen and oxygen atoms in total. The highest BCUT2D eigenvalue weighted by molar-refractivity contribution is 5.89. The van der Waals surface area contributed by atoms with Gasteiger partial charge < -0.3 is 9.47 Å². The Bertz CT molecular complexity index is 328. The van der Waals surface area contributed by atoms with Gasteiger partial charge in [-0.3, -0.25) is 0 Å². The summed E-state index contributed by atoms with van der Waals surface area (Å²) in [7, 11) is 0. The molecule has 16 heavy (non-hydrogen) atoms. The molecule has 0 amide bonds. The van der Waals surface area contributed by atoms with Crippen molar-refractivity contribution in [1.29, 1.82) is 0 Å². The molecule has 0 aliphatic heterocycles. The lowest BCUT2D eigenvalue weighted by atomic mass is 10.1. The van der Waals surface area contributed by atoms with Gasteiger partial charge in [-0.05, 0) is 38.5 Å². The predicted octanol–water partition coefficient (Wildman–Crippen LogP) is 2.79. The Morgan fingerprint density at radius 1 is 1.25 bits per heavy atom. The third kappa shape index (κ3) is 4.03. The first-order valence-electron chi connectivity index (χ1n) is 5.51. The van der Waals surface area contributed by atoms with E-state index < -0.39 is 0 Å². The Labute approximate surface area is 96.4 Å². The van der Waals surface area contributed by atoms with Crippen molar-refractivity contribution in [2.24, 2.45) is 0 Å². The summed E-state index contributed by atoms with van der Waals surface area (Å²) in [6, 6.07) is 7.29. The fourth-order valence-electron chi connectivity index (χ4n) is 1.21. The molecule has 0 atom stereocenters. The van der Waals surface area contributed by atoms with Crippen molar-refractivity contribution in [1.82, 2.24) is 0 Å². The molecule has 0 bridgehead atoms. The van der Waals surface area contributed by atoms with Crippen LogP contribution in [-0.4, -0.2) is 18.7 Å². The molecule has 1 aromatic carbocycles. The molecule has 0 radical (unpaired) electrons. The van der Waals surface area contributed by atoms with Gasteiger partial charge in [0.1, 0.15) is 0 Å². The molecule has 88 valence electrons. The number of esters is 1. The third-order valence-corrected chi connectivity index (χ3v) is 2.05. The highest BCUT2D eigenvalue weighted by Gasteiger charge is 2.05. The summed E-state index contributed by atoms with van der Waals surface area (Å²) < 4.78 is 10.4. The van der Waals surface area contributed by atoms with E-state index in [0.29, 0.717) is 18.8 Å². The van der Waals surface area contributed by atoms with Gasteiger partial charge in [-0.25, -0.2) is 4.79 Å². The number of rotatable bonds is 5. The summed E-state index contributed by atoms with van der Waals surface area (Å²) >= 11 is 0. The van der Waals surface area contributed by atoms with Crippen molar-refractivity contribution < 1.29 is 14.3 Å². The van der Waals surface area contributed by atoms with Crippen LogP contribution in [0.2, 0.25) is 0 Å². The van der Waals surface area contributed by atoms with E-state index in [4.69, 9.17) is 9.47 Å². The topological polar surface area (TPSA) is 35.5 Å². The van der Waals surface area contributed by atoms with E-state index in [1.54, 1.807) is 19.1 Å². The van der Waals surface area contributed by atoms with E-state index in [0.717, 1.165) is 5.56 Å². The number of hydrogen-bond acceptors (Lipinski definition) is 3. The number of carbonyl (C=O) groups excluding carboxylic acids is 1. The van der Waals surface area contributed by atoms with Crippen molar-refractivity contribution in [3.63, 3.8) is 0 Å². The van der Waals surface area contributed by atoms with Crippen LogP contribution in [0.15, 0.2) is 24.3 Å². The summed E-state index contributed by atoms with van der Waals surface area (Å²) in [6.45, 7) is 6.75. The van der Waals surface area contributed by atoms with E-state index in [1.165, 1.54) is 0 Å². The lowest BCUT2D eigenvalue weighted by molar-refractivity contribution is 0.0525. The molecule has 0 heterocycles. The zero-order valence-electron chi connectivity index (χ0n) is 10.0. The summed E-state index contributed by atoms with van der Waals surface area (Å²) in [4.78, 5) is 11.4. The second-order valence-corrected chi connectivity index (χ2v) is 3.78. The van der Waals surface area contributed by atoms with Gasteiger partial charge in [-0.15, -0.1) is 0 Å². The van der Waals surface area contributed by atoms with Gasteiger partial charge >= 0.3 is 5.97 Å². The summed E-state index contributed by atoms with van der Waals surface area (Å²) in [5.74, 6) is -0.279. The Balaban J connectivity index is 2.57. The first kappa shape index (κ1) is 12.7. The Kier molecular flexibility index (Phi) is 4.99. The average Bonchev–Trinajstić information content (AvgIpc) is 2.27. The van der Waals surface area contributed by atoms with Crippen LogP contribution in [0.3, 0.4) is 0 Å². The van der Waals surface area contributed by atoms with Gasteiger partial charge in [0, 0.05) is 0 Å². The molecule has 0 unspecified atom stereocenters. The summed E-state index contributed by atoms with van der Waals surface area (Å²) in [5, 5.41) is 0. The molecule has 3 heteroatoms. The second kappa shape index (κ2) is 6.28. The zero-order chi connectivity index (χ0) is 12.0. The molecule has 0 aliphatic rings. The number of ether oxygens (including phenoxy) is 2. The van der Waals surface area contributed by atoms with Crippen molar-refractivity contribution in [3.8, 4) is 0 Å². The van der Waals surface area contributed by atoms with Crippen molar-refractivity contribution in [2.75, 3.05) is 6.61 Å². The van der Waals surface area contributed by atoms with Crippen LogP contribution >= 0.6 is 0 Å². The molecule has 0 N–H and O–H groups in total. The van der Waals surface area contributed by atoms with Crippen LogP contribution in [0.25, 0.3) is 0 Å². The normalized spacial score (nSPS) is 10.5. The molecule has 0 saturated carbocycles. The van der Waals surface area contributed by atoms with Crippen molar-refractivity contribution in [3.05, 3.63) is 35.4 Å². The zero-order valence-corrected chi connectivity index (χ0v) is 10.0. The number of carbonyl (C=O) groups is 1. The predicted molar refractivity (Wildman–Crippen MR) is 62.3 cm³/mol. The maximum Gasteiger partial charge on any atom is 0.338 e. The van der Waals surface area contributed by atoms with Gasteiger partial charge in [0.15, 0.2) is 0 Å². The van der Waals surface area contributed by atoms with Gasteiger partial charge in [-0.2, -0.15) is 0 Å². The summed E-state index contributed by atoms with van der Waals surface area (Å²) in [6.07, 6.45) is 0.213. The number of hydrogen-bond donors (Lipinski definition) is 0. The quantitative estimate of drug-likeness (QED) is 0.719. The highest BCUT2D eigenvalue weighted by Crippen LogP contribution is 2.08. The van der Waals surface area contributed by atoms with Gasteiger partial charge in [0.05, 0.1) is 24.9 Å². The maximum absolute atomic E-state index is 11.4. The van der Waals surface area contributed by atoms with Gasteiger partial charge in [0.25, 0.3) is 0 Å². The van der Waals surface area contributed by atoms with Crippen LogP contribution in [0.5, 0.6) is 0 Å². The van der Waals surface area contributed by atoms with Crippen LogP contribution in [0.1, 0.15) is 36.7 Å². The van der Waals surface area contributed by atoms with E-state index in [-0.39, 0.29) is 12.1 Å². The van der Waals surface area contributed by atoms with E-state index in [9.17, 15) is 4.79 Å². The first-order valence-corrected chi connectivity index (χ1v) is 5.51. The highest BCUT2D eigenvalue weighted by atomic mass is 16.5. The third-order valence-electron chi connectivity index (χ3n) is 2.05. The fraction of sp³-hybridized carbons (Fsp3) is 0.462. The van der Waals surface area contributed by atoms with Crippen LogP contribution in [0, 0.1) is 0 Å². The molecule has 1 rings (SSSR count). The molecule has 0 spiro atoms. The van der Waals surface area contributed by atoms with Crippen LogP contribution < -0.4 is 0 Å². The monoisotopic (exact) mass is 222 g/mol. The van der Waals surface area contributed by atoms with Gasteiger partial charge in [0.2, 0.25) is 0 Å². The van der Waals surface area contributed by atoms with E-state index in [1.807, 2.05) is 26.0 Å². The Hall–Kier alpha value is -1.35. The Morgan fingerprint density at radius 3 is 2.38 bits per heavy atom. The second-order valence-electron chi connectivity index (χ2n) is 3.78. The van der Waals surface area contributed by atoms with Crippen molar-refractivity contribution >= 4 is 5.97 Å². The first-order chi connectivity index (χ1) is 7.63. The fourth-order valence-corrected chi connectivity index (χ4v) is 1.21. The van der Waals surface area contributed by atoms with Crippen molar-refractivity contribution in [2.45, 2.75) is 33.5 Å². The molecule has 0 aromatic heterocycles. The minimum Gasteiger partial charge on any atom is -0.462 e. The molecular formula is C13H18O3. The maximum atomic E-state index is 11.4. The minimum atomic E-state index is -0.279. The summed E-state index contributed by atoms with van der Waals surface area (Å²) in [5.41, 5.74) is 1.64. The van der Waals surface area contributed by atoms with E-state index >= 15 is 0 Å². The molecular weight excluding hydrogens is 204 g/mol.